The second kappa shape index (κ2) is 8.63. The molecular weight excluding hydrogens is 322 g/mol. The number of carbonyl (C=O) groups excluding carboxylic acids is 1. The number of anilines is 1. The summed E-state index contributed by atoms with van der Waals surface area (Å²) in [6, 6.07) is 10.5. The van der Waals surface area contributed by atoms with Crippen molar-refractivity contribution in [3.05, 3.63) is 48.0 Å². The third-order valence-corrected chi connectivity index (χ3v) is 3.47. The van der Waals surface area contributed by atoms with Gasteiger partial charge in [-0.1, -0.05) is 0 Å². The summed E-state index contributed by atoms with van der Waals surface area (Å²) in [5.41, 5.74) is 1.34. The van der Waals surface area contributed by atoms with Crippen LogP contribution in [0.1, 0.15) is 5.56 Å². The number of benzene rings is 2. The Balaban J connectivity index is 2.13. The molecule has 0 heterocycles. The molecule has 0 radical (unpaired) electrons. The molecule has 0 bridgehead atoms. The molecule has 6 nitrogen and oxygen atoms in total. The second-order valence-electron chi connectivity index (χ2n) is 5.03. The van der Waals surface area contributed by atoms with E-state index in [0.29, 0.717) is 28.7 Å². The topological polar surface area (TPSA) is 66.0 Å². The Kier molecular flexibility index (Phi) is 6.28. The second-order valence-corrected chi connectivity index (χ2v) is 5.03. The molecule has 0 aromatic heterocycles. The van der Waals surface area contributed by atoms with Gasteiger partial charge in [-0.2, -0.15) is 0 Å². The number of rotatable bonds is 7. The summed E-state index contributed by atoms with van der Waals surface area (Å²) < 4.78 is 20.8. The highest BCUT2D eigenvalue weighted by Gasteiger charge is 2.06. The van der Waals surface area contributed by atoms with Gasteiger partial charge in [0.15, 0.2) is 0 Å². The predicted octanol–water partition coefficient (Wildman–Crippen LogP) is 3.37. The minimum absolute atomic E-state index is 0.284. The Bertz CT molecular complexity index is 748. The molecule has 0 saturated heterocycles. The Morgan fingerprint density at radius 1 is 0.840 bits per heavy atom. The maximum Gasteiger partial charge on any atom is 0.248 e. The number of amides is 1. The molecule has 0 spiro atoms. The van der Waals surface area contributed by atoms with Crippen LogP contribution in [0.25, 0.3) is 6.08 Å². The molecule has 0 aliphatic heterocycles. The molecule has 0 saturated carbocycles. The number of nitrogens with one attached hydrogen (secondary N) is 1. The summed E-state index contributed by atoms with van der Waals surface area (Å²) >= 11 is 0. The van der Waals surface area contributed by atoms with E-state index in [4.69, 9.17) is 18.9 Å². The van der Waals surface area contributed by atoms with Gasteiger partial charge in [0.2, 0.25) is 5.91 Å². The smallest absolute Gasteiger partial charge is 0.248 e. The fourth-order valence-corrected chi connectivity index (χ4v) is 2.19. The van der Waals surface area contributed by atoms with Gasteiger partial charge in [0, 0.05) is 41.6 Å². The zero-order valence-electron chi connectivity index (χ0n) is 14.7. The van der Waals surface area contributed by atoms with Crippen LogP contribution in [0.15, 0.2) is 42.5 Å². The van der Waals surface area contributed by atoms with Crippen molar-refractivity contribution in [3.8, 4) is 23.0 Å². The summed E-state index contributed by atoms with van der Waals surface area (Å²) in [7, 11) is 6.25. The predicted molar refractivity (Wildman–Crippen MR) is 96.8 cm³/mol. The first-order chi connectivity index (χ1) is 12.1. The Labute approximate surface area is 147 Å². The van der Waals surface area contributed by atoms with Crippen LogP contribution in [0.3, 0.4) is 0 Å². The summed E-state index contributed by atoms with van der Waals surface area (Å²) in [4.78, 5) is 12.2. The molecule has 0 aliphatic rings. The molecule has 6 heteroatoms. The SMILES string of the molecule is COc1cc(NC(=O)/C=C/c2ccc(OC)cc2OC)cc(OC)c1. The Morgan fingerprint density at radius 2 is 1.48 bits per heavy atom. The molecule has 0 unspecified atom stereocenters. The molecule has 132 valence electrons. The molecule has 2 aromatic rings. The lowest BCUT2D eigenvalue weighted by Gasteiger charge is -2.09. The monoisotopic (exact) mass is 343 g/mol. The van der Waals surface area contributed by atoms with E-state index in [1.54, 1.807) is 64.8 Å². The molecule has 25 heavy (non-hydrogen) atoms. The van der Waals surface area contributed by atoms with Gasteiger partial charge in [-0.05, 0) is 18.2 Å². The van der Waals surface area contributed by atoms with Crippen LogP contribution < -0.4 is 24.3 Å². The molecule has 0 aliphatic carbocycles. The number of carbonyl (C=O) groups is 1. The lowest BCUT2D eigenvalue weighted by atomic mass is 10.1. The van der Waals surface area contributed by atoms with E-state index < -0.39 is 0 Å². The summed E-state index contributed by atoms with van der Waals surface area (Å²) in [6.45, 7) is 0. The van der Waals surface area contributed by atoms with E-state index in [-0.39, 0.29) is 5.91 Å². The first-order valence-electron chi connectivity index (χ1n) is 7.53. The van der Waals surface area contributed by atoms with Crippen LogP contribution in [0.2, 0.25) is 0 Å². The highest BCUT2D eigenvalue weighted by Crippen LogP contribution is 2.27. The number of hydrogen-bond acceptors (Lipinski definition) is 5. The quantitative estimate of drug-likeness (QED) is 0.781. The third kappa shape index (κ3) is 4.91. The van der Waals surface area contributed by atoms with Crippen LogP contribution >= 0.6 is 0 Å². The van der Waals surface area contributed by atoms with E-state index in [2.05, 4.69) is 5.32 Å². The van der Waals surface area contributed by atoms with Crippen molar-refractivity contribution in [1.29, 1.82) is 0 Å². The van der Waals surface area contributed by atoms with Gasteiger partial charge in [-0.15, -0.1) is 0 Å². The Morgan fingerprint density at radius 3 is 2.04 bits per heavy atom. The molecule has 0 fully saturated rings. The average molecular weight is 343 g/mol. The van der Waals surface area contributed by atoms with Gasteiger partial charge in [-0.25, -0.2) is 0 Å². The van der Waals surface area contributed by atoms with E-state index in [9.17, 15) is 4.79 Å². The highest BCUT2D eigenvalue weighted by atomic mass is 16.5. The van der Waals surface area contributed by atoms with Gasteiger partial charge in [0.1, 0.15) is 23.0 Å². The fraction of sp³-hybridized carbons (Fsp3) is 0.211. The van der Waals surface area contributed by atoms with Crippen molar-refractivity contribution in [2.24, 2.45) is 0 Å². The zero-order valence-corrected chi connectivity index (χ0v) is 14.7. The van der Waals surface area contributed by atoms with Gasteiger partial charge in [0.25, 0.3) is 0 Å². The zero-order chi connectivity index (χ0) is 18.2. The van der Waals surface area contributed by atoms with Crippen molar-refractivity contribution in [2.75, 3.05) is 33.8 Å². The largest absolute Gasteiger partial charge is 0.497 e. The molecule has 1 amide bonds. The number of hydrogen-bond donors (Lipinski definition) is 1. The first kappa shape index (κ1) is 18.2. The third-order valence-electron chi connectivity index (χ3n) is 3.47. The van der Waals surface area contributed by atoms with Gasteiger partial charge >= 0.3 is 0 Å². The minimum atomic E-state index is -0.284. The first-order valence-corrected chi connectivity index (χ1v) is 7.53. The van der Waals surface area contributed by atoms with Crippen molar-refractivity contribution in [2.45, 2.75) is 0 Å². The van der Waals surface area contributed by atoms with E-state index in [1.807, 2.05) is 6.07 Å². The van der Waals surface area contributed by atoms with Gasteiger partial charge < -0.3 is 24.3 Å². The van der Waals surface area contributed by atoms with Crippen molar-refractivity contribution in [1.82, 2.24) is 0 Å². The minimum Gasteiger partial charge on any atom is -0.497 e. The van der Waals surface area contributed by atoms with Gasteiger partial charge in [-0.3, -0.25) is 4.79 Å². The molecule has 2 aromatic carbocycles. The number of methoxy groups -OCH3 is 4. The fourth-order valence-electron chi connectivity index (χ4n) is 2.19. The maximum absolute atomic E-state index is 12.2. The van der Waals surface area contributed by atoms with E-state index in [1.165, 1.54) is 6.08 Å². The highest BCUT2D eigenvalue weighted by molar-refractivity contribution is 6.02. The number of ether oxygens (including phenoxy) is 4. The lowest BCUT2D eigenvalue weighted by molar-refractivity contribution is -0.111. The normalized spacial score (nSPS) is 10.4. The van der Waals surface area contributed by atoms with E-state index in [0.717, 1.165) is 5.56 Å². The molecular formula is C19H21NO5. The summed E-state index contributed by atoms with van der Waals surface area (Å²) in [5, 5.41) is 2.77. The van der Waals surface area contributed by atoms with Crippen molar-refractivity contribution in [3.63, 3.8) is 0 Å². The van der Waals surface area contributed by atoms with Crippen LogP contribution in [-0.2, 0) is 4.79 Å². The van der Waals surface area contributed by atoms with Crippen LogP contribution in [0.5, 0.6) is 23.0 Å². The standard InChI is InChI=1S/C19H21NO5/c1-22-15-7-5-13(18(12-15)25-4)6-8-19(21)20-14-9-16(23-2)11-17(10-14)24-3/h5-12H,1-4H3,(H,20,21)/b8-6+. The van der Waals surface area contributed by atoms with E-state index >= 15 is 0 Å². The van der Waals surface area contributed by atoms with Crippen molar-refractivity contribution >= 4 is 17.7 Å². The van der Waals surface area contributed by atoms with Crippen molar-refractivity contribution < 1.29 is 23.7 Å². The van der Waals surface area contributed by atoms with Crippen LogP contribution in [0, 0.1) is 0 Å². The van der Waals surface area contributed by atoms with Crippen LogP contribution in [-0.4, -0.2) is 34.3 Å². The molecule has 1 N–H and O–H groups in total. The van der Waals surface area contributed by atoms with Crippen LogP contribution in [0.4, 0.5) is 5.69 Å². The lowest BCUT2D eigenvalue weighted by Crippen LogP contribution is -2.08. The van der Waals surface area contributed by atoms with Gasteiger partial charge in [0.05, 0.1) is 28.4 Å². The molecule has 0 atom stereocenters. The summed E-state index contributed by atoms with van der Waals surface area (Å²) in [6.07, 6.45) is 3.10. The maximum atomic E-state index is 12.2. The average Bonchev–Trinajstić information content (AvgIpc) is 2.65. The summed E-state index contributed by atoms with van der Waals surface area (Å²) in [5.74, 6) is 2.20. The Hall–Kier alpha value is -3.15. The molecule has 2 rings (SSSR count).